The van der Waals surface area contributed by atoms with Crippen LogP contribution in [0.4, 0.5) is 0 Å². The Morgan fingerprint density at radius 2 is 2.12 bits per heavy atom. The number of benzene rings is 1. The Morgan fingerprint density at radius 3 is 2.92 bits per heavy atom. The summed E-state index contributed by atoms with van der Waals surface area (Å²) in [4.78, 5) is 20.3. The molecule has 3 aromatic rings. The third kappa shape index (κ3) is 3.46. The zero-order valence-corrected chi connectivity index (χ0v) is 16.5. The first-order valence-corrected chi connectivity index (χ1v) is 10.8. The lowest BCUT2D eigenvalue weighted by molar-refractivity contribution is 0.183. The third-order valence-electron chi connectivity index (χ3n) is 4.77. The summed E-state index contributed by atoms with van der Waals surface area (Å²) in [5.41, 5.74) is 2.66. The quantitative estimate of drug-likeness (QED) is 0.456. The Kier molecular flexibility index (Phi) is 5.43. The van der Waals surface area contributed by atoms with E-state index < -0.39 is 0 Å². The van der Waals surface area contributed by atoms with E-state index in [9.17, 15) is 4.79 Å². The van der Waals surface area contributed by atoms with Gasteiger partial charge in [0.2, 0.25) is 0 Å². The highest BCUT2D eigenvalue weighted by Crippen LogP contribution is 2.35. The summed E-state index contributed by atoms with van der Waals surface area (Å²) in [6, 6.07) is 10.4. The Balaban J connectivity index is 1.64. The second-order valence-electron chi connectivity index (χ2n) is 6.47. The monoisotopic (exact) mass is 386 g/mol. The number of ether oxygens (including phenoxy) is 1. The Bertz CT molecular complexity index is 963. The van der Waals surface area contributed by atoms with Crippen molar-refractivity contribution in [2.75, 3.05) is 19.5 Å². The molecule has 0 saturated carbocycles. The maximum Gasteiger partial charge on any atom is 0.263 e. The molecule has 0 bridgehead atoms. The standard InChI is InChI=1S/C20H22N2O2S2/c1-24-12-11-22-19(23)17-15-8-5-9-16(15)26-18(17)21-20(22)25-13-10-14-6-3-2-4-7-14/h2-4,6-7H,5,8-13H2,1H3. The molecule has 1 aliphatic carbocycles. The summed E-state index contributed by atoms with van der Waals surface area (Å²) in [5.74, 6) is 0.903. The van der Waals surface area contributed by atoms with Gasteiger partial charge in [-0.05, 0) is 36.8 Å². The van der Waals surface area contributed by atoms with E-state index in [0.717, 1.165) is 46.8 Å². The van der Waals surface area contributed by atoms with Crippen LogP contribution in [0.15, 0.2) is 40.3 Å². The molecule has 4 rings (SSSR count). The molecule has 4 nitrogen and oxygen atoms in total. The van der Waals surface area contributed by atoms with Gasteiger partial charge in [-0.3, -0.25) is 9.36 Å². The first kappa shape index (κ1) is 17.8. The molecule has 1 aliphatic rings. The van der Waals surface area contributed by atoms with Gasteiger partial charge in [0.1, 0.15) is 4.83 Å². The molecule has 6 heteroatoms. The summed E-state index contributed by atoms with van der Waals surface area (Å²) in [7, 11) is 1.67. The molecule has 1 aromatic carbocycles. The van der Waals surface area contributed by atoms with Crippen molar-refractivity contribution in [3.05, 3.63) is 56.7 Å². The van der Waals surface area contributed by atoms with Gasteiger partial charge in [-0.15, -0.1) is 11.3 Å². The van der Waals surface area contributed by atoms with Gasteiger partial charge in [-0.1, -0.05) is 42.1 Å². The smallest absolute Gasteiger partial charge is 0.263 e. The van der Waals surface area contributed by atoms with Crippen molar-refractivity contribution in [2.45, 2.75) is 37.4 Å². The van der Waals surface area contributed by atoms with Crippen molar-refractivity contribution in [1.82, 2.24) is 9.55 Å². The minimum atomic E-state index is 0.105. The zero-order valence-electron chi connectivity index (χ0n) is 14.9. The van der Waals surface area contributed by atoms with Gasteiger partial charge in [0, 0.05) is 17.7 Å². The molecule has 0 saturated heterocycles. The molecule has 2 heterocycles. The maximum atomic E-state index is 13.2. The largest absolute Gasteiger partial charge is 0.383 e. The van der Waals surface area contributed by atoms with Crippen molar-refractivity contribution >= 4 is 33.3 Å². The molecule has 0 amide bonds. The fourth-order valence-corrected chi connectivity index (χ4v) is 5.77. The molecule has 0 radical (unpaired) electrons. The number of hydrogen-bond donors (Lipinski definition) is 0. The first-order valence-electron chi connectivity index (χ1n) is 8.98. The van der Waals surface area contributed by atoms with Crippen molar-refractivity contribution in [3.63, 3.8) is 0 Å². The number of methoxy groups -OCH3 is 1. The number of nitrogens with zero attached hydrogens (tertiary/aromatic N) is 2. The van der Waals surface area contributed by atoms with Crippen LogP contribution in [-0.4, -0.2) is 29.0 Å². The highest BCUT2D eigenvalue weighted by atomic mass is 32.2. The zero-order chi connectivity index (χ0) is 17.9. The Hall–Kier alpha value is -1.63. The molecular formula is C20H22N2O2S2. The molecule has 0 atom stereocenters. The highest BCUT2D eigenvalue weighted by Gasteiger charge is 2.23. The summed E-state index contributed by atoms with van der Waals surface area (Å²) in [5, 5.41) is 1.67. The van der Waals surface area contributed by atoms with Crippen molar-refractivity contribution in [1.29, 1.82) is 0 Å². The molecule has 0 unspecified atom stereocenters. The lowest BCUT2D eigenvalue weighted by atomic mass is 10.2. The number of thiophene rings is 1. The molecule has 136 valence electrons. The summed E-state index contributed by atoms with van der Waals surface area (Å²) < 4.78 is 7.03. The fraction of sp³-hybridized carbons (Fsp3) is 0.400. The van der Waals surface area contributed by atoms with Crippen LogP contribution < -0.4 is 5.56 Å². The predicted octanol–water partition coefficient (Wildman–Crippen LogP) is 3.93. The van der Waals surface area contributed by atoms with Crippen molar-refractivity contribution < 1.29 is 4.74 Å². The number of aryl methyl sites for hydroxylation is 3. The van der Waals surface area contributed by atoms with Crippen LogP contribution in [0.25, 0.3) is 10.2 Å². The SMILES string of the molecule is COCCn1c(SCCc2ccccc2)nc2sc3c(c2c1=O)CCC3. The van der Waals surface area contributed by atoms with Gasteiger partial charge < -0.3 is 4.74 Å². The average molecular weight is 387 g/mol. The van der Waals surface area contributed by atoms with E-state index in [1.54, 1.807) is 30.2 Å². The van der Waals surface area contributed by atoms with Crippen LogP contribution in [0.5, 0.6) is 0 Å². The van der Waals surface area contributed by atoms with E-state index in [4.69, 9.17) is 9.72 Å². The second kappa shape index (κ2) is 7.94. The van der Waals surface area contributed by atoms with Crippen LogP contribution in [0.3, 0.4) is 0 Å². The summed E-state index contributed by atoms with van der Waals surface area (Å²) >= 11 is 3.37. The van der Waals surface area contributed by atoms with Crippen molar-refractivity contribution in [3.8, 4) is 0 Å². The average Bonchev–Trinajstić information content (AvgIpc) is 3.23. The van der Waals surface area contributed by atoms with Gasteiger partial charge >= 0.3 is 0 Å². The topological polar surface area (TPSA) is 44.1 Å². The number of thioether (sulfide) groups is 1. The normalized spacial score (nSPS) is 13.4. The van der Waals surface area contributed by atoms with Gasteiger partial charge in [-0.25, -0.2) is 4.98 Å². The first-order chi connectivity index (χ1) is 12.8. The molecule has 26 heavy (non-hydrogen) atoms. The molecule has 0 aliphatic heterocycles. The van der Waals surface area contributed by atoms with E-state index in [2.05, 4.69) is 24.3 Å². The molecule has 0 N–H and O–H groups in total. The molecular weight excluding hydrogens is 364 g/mol. The van der Waals surface area contributed by atoms with Gasteiger partial charge in [0.25, 0.3) is 5.56 Å². The van der Waals surface area contributed by atoms with Crippen LogP contribution in [-0.2, 0) is 30.5 Å². The summed E-state index contributed by atoms with van der Waals surface area (Å²) in [6.45, 7) is 1.07. The van der Waals surface area contributed by atoms with E-state index >= 15 is 0 Å². The van der Waals surface area contributed by atoms with Gasteiger partial charge in [0.15, 0.2) is 5.16 Å². The van der Waals surface area contributed by atoms with Crippen LogP contribution in [0.1, 0.15) is 22.4 Å². The molecule has 2 aromatic heterocycles. The Labute approximate surface area is 161 Å². The van der Waals surface area contributed by atoms with Gasteiger partial charge in [0.05, 0.1) is 18.5 Å². The number of rotatable bonds is 7. The van der Waals surface area contributed by atoms with Gasteiger partial charge in [-0.2, -0.15) is 0 Å². The van der Waals surface area contributed by atoms with E-state index in [1.807, 2.05) is 10.6 Å². The Morgan fingerprint density at radius 1 is 1.27 bits per heavy atom. The van der Waals surface area contributed by atoms with E-state index in [-0.39, 0.29) is 5.56 Å². The molecule has 0 spiro atoms. The second-order valence-corrected chi connectivity index (χ2v) is 8.61. The van der Waals surface area contributed by atoms with Crippen LogP contribution in [0.2, 0.25) is 0 Å². The number of fused-ring (bicyclic) bond motifs is 3. The molecule has 0 fully saturated rings. The van der Waals surface area contributed by atoms with E-state index in [1.165, 1.54) is 16.0 Å². The number of aromatic nitrogens is 2. The van der Waals surface area contributed by atoms with Crippen molar-refractivity contribution in [2.24, 2.45) is 0 Å². The lowest BCUT2D eigenvalue weighted by Crippen LogP contribution is -2.25. The summed E-state index contributed by atoms with van der Waals surface area (Å²) in [6.07, 6.45) is 4.22. The maximum absolute atomic E-state index is 13.2. The lowest BCUT2D eigenvalue weighted by Gasteiger charge is -2.12. The van der Waals surface area contributed by atoms with Crippen LogP contribution in [0, 0.1) is 0 Å². The minimum absolute atomic E-state index is 0.105. The predicted molar refractivity (Wildman–Crippen MR) is 109 cm³/mol. The van der Waals surface area contributed by atoms with Crippen LogP contribution >= 0.6 is 23.1 Å². The third-order valence-corrected chi connectivity index (χ3v) is 6.94. The van der Waals surface area contributed by atoms with E-state index in [0.29, 0.717) is 13.2 Å². The minimum Gasteiger partial charge on any atom is -0.383 e. The fourth-order valence-electron chi connectivity index (χ4n) is 3.45. The number of hydrogen-bond acceptors (Lipinski definition) is 5. The highest BCUT2D eigenvalue weighted by molar-refractivity contribution is 7.99.